The van der Waals surface area contributed by atoms with Crippen LogP contribution in [0.25, 0.3) is 11.1 Å². The molecule has 8 heteroatoms. The number of rotatable bonds is 13. The summed E-state index contributed by atoms with van der Waals surface area (Å²) in [5, 5.41) is 2.82. The molecule has 0 aliphatic heterocycles. The summed E-state index contributed by atoms with van der Waals surface area (Å²) in [6, 6.07) is 16.5. The number of benzene rings is 2. The second kappa shape index (κ2) is 15.7. The average Bonchev–Trinajstić information content (AvgIpc) is 3.15. The van der Waals surface area contributed by atoms with Gasteiger partial charge in [0.2, 0.25) is 5.91 Å². The van der Waals surface area contributed by atoms with E-state index in [4.69, 9.17) is 10.5 Å². The molecule has 0 aromatic heterocycles. The number of fused-ring (bicyclic) bond motifs is 3. The topological polar surface area (TPSA) is 98.5 Å². The number of unbranched alkanes of at least 4 members (excludes halogenated alkanes) is 1. The minimum Gasteiger partial charge on any atom is -0.449 e. The molecule has 37 heavy (non-hydrogen) atoms. The van der Waals surface area contributed by atoms with E-state index in [0.717, 1.165) is 19.3 Å². The van der Waals surface area contributed by atoms with E-state index >= 15 is 0 Å². The molecular formula is C29H42N2O4S2. The molecule has 2 atom stereocenters. The van der Waals surface area contributed by atoms with Gasteiger partial charge in [-0.05, 0) is 47.4 Å². The van der Waals surface area contributed by atoms with Crippen molar-refractivity contribution in [2.24, 2.45) is 23.5 Å². The zero-order valence-corrected chi connectivity index (χ0v) is 24.1. The lowest BCUT2D eigenvalue weighted by Gasteiger charge is -2.17. The van der Waals surface area contributed by atoms with E-state index < -0.39 is 12.0 Å². The molecule has 2 amide bonds. The highest BCUT2D eigenvalue weighted by atomic mass is 32.1. The Balaban J connectivity index is 0.00000342. The largest absolute Gasteiger partial charge is 0.449 e. The Kier molecular flexibility index (Phi) is 13.8. The van der Waals surface area contributed by atoms with E-state index in [-0.39, 0.29) is 56.9 Å². The number of carbonyl (C=O) groups excluding carboxylic acids is 3. The van der Waals surface area contributed by atoms with Crippen LogP contribution in [0.5, 0.6) is 0 Å². The summed E-state index contributed by atoms with van der Waals surface area (Å²) < 4.78 is 5.56. The second-order valence-electron chi connectivity index (χ2n) is 10.0. The molecule has 0 saturated heterocycles. The molecule has 2 aromatic rings. The molecule has 0 spiro atoms. The normalized spacial score (nSPS) is 13.4. The number of hydrogen-bond donors (Lipinski definition) is 2. The van der Waals surface area contributed by atoms with Crippen molar-refractivity contribution in [3.63, 3.8) is 0 Å². The number of nitrogens with one attached hydrogen (secondary N) is 1. The summed E-state index contributed by atoms with van der Waals surface area (Å²) >= 11 is 0. The van der Waals surface area contributed by atoms with Gasteiger partial charge in [-0.1, -0.05) is 75.7 Å². The van der Waals surface area contributed by atoms with E-state index in [1.165, 1.54) is 22.3 Å². The number of ether oxygens (including phenoxy) is 1. The van der Waals surface area contributed by atoms with Gasteiger partial charge in [-0.2, -0.15) is 27.0 Å². The first-order valence-corrected chi connectivity index (χ1v) is 12.7. The Morgan fingerprint density at radius 2 is 1.49 bits per heavy atom. The number of nitrogens with two attached hydrogens (primary N) is 1. The van der Waals surface area contributed by atoms with Gasteiger partial charge in [-0.15, -0.1) is 0 Å². The Morgan fingerprint density at radius 1 is 0.919 bits per heavy atom. The molecule has 1 aliphatic rings. The first-order chi connectivity index (χ1) is 16.8. The first-order valence-electron chi connectivity index (χ1n) is 12.7. The molecule has 0 radical (unpaired) electrons. The summed E-state index contributed by atoms with van der Waals surface area (Å²) in [5.74, 6) is -0.469. The first kappa shape index (κ1) is 32.6. The van der Waals surface area contributed by atoms with Crippen molar-refractivity contribution in [3.05, 3.63) is 59.7 Å². The van der Waals surface area contributed by atoms with Crippen LogP contribution in [0.2, 0.25) is 0 Å². The molecule has 0 heterocycles. The van der Waals surface area contributed by atoms with E-state index in [1.807, 2.05) is 45.0 Å². The van der Waals surface area contributed by atoms with Gasteiger partial charge in [0.05, 0.1) is 0 Å². The molecule has 1 aliphatic carbocycles. The summed E-state index contributed by atoms with van der Waals surface area (Å²) in [5.41, 5.74) is 10.2. The maximum Gasteiger partial charge on any atom is 0.407 e. The fourth-order valence-electron chi connectivity index (χ4n) is 4.89. The lowest BCUT2D eigenvalue weighted by molar-refractivity contribution is -0.129. The van der Waals surface area contributed by atoms with Crippen LogP contribution >= 0.6 is 27.0 Å². The van der Waals surface area contributed by atoms with Gasteiger partial charge in [0.1, 0.15) is 12.4 Å². The Labute approximate surface area is 235 Å². The second-order valence-corrected chi connectivity index (χ2v) is 10.0. The van der Waals surface area contributed by atoms with Gasteiger partial charge < -0.3 is 15.8 Å². The molecular weight excluding hydrogens is 504 g/mol. The third kappa shape index (κ3) is 9.11. The van der Waals surface area contributed by atoms with Crippen LogP contribution in [-0.4, -0.2) is 30.9 Å². The maximum absolute atomic E-state index is 12.5. The lowest BCUT2D eigenvalue weighted by atomic mass is 9.87. The summed E-state index contributed by atoms with van der Waals surface area (Å²) in [4.78, 5) is 36.4. The van der Waals surface area contributed by atoms with Gasteiger partial charge in [0, 0.05) is 30.7 Å². The van der Waals surface area contributed by atoms with Crippen LogP contribution in [0, 0.1) is 17.8 Å². The monoisotopic (exact) mass is 546 g/mol. The van der Waals surface area contributed by atoms with Crippen molar-refractivity contribution in [2.75, 3.05) is 13.2 Å². The zero-order valence-electron chi connectivity index (χ0n) is 22.1. The third-order valence-electron chi connectivity index (χ3n) is 6.83. The van der Waals surface area contributed by atoms with Crippen LogP contribution in [-0.2, 0) is 14.3 Å². The molecule has 2 aromatic carbocycles. The van der Waals surface area contributed by atoms with Gasteiger partial charge >= 0.3 is 6.09 Å². The average molecular weight is 547 g/mol. The predicted octanol–water partition coefficient (Wildman–Crippen LogP) is 5.66. The molecule has 0 bridgehead atoms. The number of carbonyl (C=O) groups is 3. The van der Waals surface area contributed by atoms with Gasteiger partial charge in [0.15, 0.2) is 0 Å². The summed E-state index contributed by atoms with van der Waals surface area (Å²) in [6.45, 7) is 6.73. The molecule has 3 N–H and O–H groups in total. The number of Topliss-reactive ketones (excluding diaryl/α,β-unsaturated/α-hetero) is 1. The van der Waals surface area contributed by atoms with Crippen molar-refractivity contribution in [1.82, 2.24) is 5.32 Å². The quantitative estimate of drug-likeness (QED) is 0.317. The number of ketones is 1. The van der Waals surface area contributed by atoms with Gasteiger partial charge in [-0.3, -0.25) is 9.59 Å². The SMILES string of the molecule is CC(C)C[C@H](CC(=O)[C@@H](C)CCCCNC(=O)OCC1c2ccccc2-c2ccccc21)C(N)=O.S.S. The van der Waals surface area contributed by atoms with Crippen molar-refractivity contribution in [2.45, 2.75) is 58.8 Å². The van der Waals surface area contributed by atoms with Crippen LogP contribution in [0.1, 0.15) is 69.9 Å². The van der Waals surface area contributed by atoms with Crippen molar-refractivity contribution in [1.29, 1.82) is 0 Å². The Morgan fingerprint density at radius 3 is 2.03 bits per heavy atom. The lowest BCUT2D eigenvalue weighted by Crippen LogP contribution is -2.29. The van der Waals surface area contributed by atoms with Crippen LogP contribution < -0.4 is 11.1 Å². The summed E-state index contributed by atoms with van der Waals surface area (Å²) in [6.07, 6.45) is 2.71. The molecule has 0 fully saturated rings. The number of hydrogen-bond acceptors (Lipinski definition) is 4. The number of alkyl carbamates (subject to hydrolysis) is 1. The van der Waals surface area contributed by atoms with E-state index in [0.29, 0.717) is 25.5 Å². The fraction of sp³-hybridized carbons (Fsp3) is 0.483. The predicted molar refractivity (Wildman–Crippen MR) is 159 cm³/mol. The zero-order chi connectivity index (χ0) is 25.4. The maximum atomic E-state index is 12.5. The van der Waals surface area contributed by atoms with Crippen molar-refractivity contribution in [3.8, 4) is 11.1 Å². The molecule has 204 valence electrons. The smallest absolute Gasteiger partial charge is 0.407 e. The van der Waals surface area contributed by atoms with Crippen LogP contribution in [0.4, 0.5) is 4.79 Å². The Bertz CT molecular complexity index is 999. The molecule has 0 unspecified atom stereocenters. The summed E-state index contributed by atoms with van der Waals surface area (Å²) in [7, 11) is 0. The van der Waals surface area contributed by atoms with Gasteiger partial charge in [0.25, 0.3) is 0 Å². The van der Waals surface area contributed by atoms with Gasteiger partial charge in [-0.25, -0.2) is 4.79 Å². The minimum absolute atomic E-state index is 0. The highest BCUT2D eigenvalue weighted by Crippen LogP contribution is 2.44. The van der Waals surface area contributed by atoms with E-state index in [9.17, 15) is 14.4 Å². The molecule has 3 rings (SSSR count). The van der Waals surface area contributed by atoms with Crippen molar-refractivity contribution >= 4 is 44.8 Å². The van der Waals surface area contributed by atoms with E-state index in [1.54, 1.807) is 0 Å². The van der Waals surface area contributed by atoms with Crippen LogP contribution in [0.15, 0.2) is 48.5 Å². The Hall–Kier alpha value is -2.45. The highest BCUT2D eigenvalue weighted by molar-refractivity contribution is 7.59. The number of amides is 2. The minimum atomic E-state index is -0.422. The highest BCUT2D eigenvalue weighted by Gasteiger charge is 2.29. The standard InChI is InChI=1S/C29H38N2O4.2H2S/c1-19(2)16-21(28(30)33)17-27(32)20(3)10-8-9-15-31-29(34)35-18-26-24-13-6-4-11-22(24)23-12-5-7-14-25(23)26;;/h4-7,11-14,19-21,26H,8-10,15-18H2,1-3H3,(H2,30,33)(H,31,34);2*1H2/t20-,21+;;/m0../s1. The fourth-order valence-corrected chi connectivity index (χ4v) is 4.89. The third-order valence-corrected chi connectivity index (χ3v) is 6.83. The number of primary amides is 1. The van der Waals surface area contributed by atoms with Crippen molar-refractivity contribution < 1.29 is 19.1 Å². The van der Waals surface area contributed by atoms with Crippen LogP contribution in [0.3, 0.4) is 0 Å². The molecule has 0 saturated carbocycles. The van der Waals surface area contributed by atoms with E-state index in [2.05, 4.69) is 29.6 Å². The molecule has 6 nitrogen and oxygen atoms in total.